The van der Waals surface area contributed by atoms with E-state index in [0.29, 0.717) is 18.1 Å². The van der Waals surface area contributed by atoms with E-state index in [1.165, 1.54) is 0 Å². The molecule has 3 heterocycles. The molecule has 0 amide bonds. The largest absolute Gasteiger partial charge is 0.364 e. The second-order valence-corrected chi connectivity index (χ2v) is 7.06. The zero-order valence-electron chi connectivity index (χ0n) is 16.6. The zero-order valence-corrected chi connectivity index (χ0v) is 16.6. The minimum Gasteiger partial charge on any atom is -0.364 e. The first kappa shape index (κ1) is 18.5. The van der Waals surface area contributed by atoms with E-state index < -0.39 is 0 Å². The number of aromatic nitrogens is 4. The Balaban J connectivity index is 1.63. The van der Waals surface area contributed by atoms with Crippen LogP contribution in [0.15, 0.2) is 91.3 Å². The average molecular weight is 402 g/mol. The first-order valence-corrected chi connectivity index (χ1v) is 9.91. The number of nitrogens with one attached hydrogen (secondary N) is 1. The van der Waals surface area contributed by atoms with Crippen molar-refractivity contribution in [2.75, 3.05) is 5.32 Å². The lowest BCUT2D eigenvalue weighted by Crippen LogP contribution is -2.07. The summed E-state index contributed by atoms with van der Waals surface area (Å²) in [6.45, 7) is 0.637. The van der Waals surface area contributed by atoms with Gasteiger partial charge in [-0.05, 0) is 29.3 Å². The molecule has 0 unspecified atom stereocenters. The summed E-state index contributed by atoms with van der Waals surface area (Å²) < 4.78 is 1.84. The second kappa shape index (κ2) is 8.09. The van der Waals surface area contributed by atoms with Crippen molar-refractivity contribution in [3.8, 4) is 28.6 Å². The monoisotopic (exact) mass is 402 g/mol. The number of benzene rings is 2. The summed E-state index contributed by atoms with van der Waals surface area (Å²) >= 11 is 0. The van der Waals surface area contributed by atoms with Crippen LogP contribution in [-0.4, -0.2) is 19.6 Å². The molecule has 0 aliphatic rings. The fourth-order valence-corrected chi connectivity index (χ4v) is 3.49. The predicted octanol–water partition coefficient (Wildman–Crippen LogP) is 4.94. The minimum atomic E-state index is 0.361. The summed E-state index contributed by atoms with van der Waals surface area (Å²) in [6.07, 6.45) is 3.57. The molecule has 148 valence electrons. The van der Waals surface area contributed by atoms with Crippen LogP contribution < -0.4 is 5.32 Å². The van der Waals surface area contributed by atoms with Gasteiger partial charge in [0.15, 0.2) is 11.6 Å². The molecule has 0 atom stereocenters. The lowest BCUT2D eigenvalue weighted by molar-refractivity contribution is 0.908. The van der Waals surface area contributed by atoms with E-state index in [1.807, 2.05) is 65.3 Å². The lowest BCUT2D eigenvalue weighted by atomic mass is 10.1. The van der Waals surface area contributed by atoms with Crippen LogP contribution in [0.2, 0.25) is 0 Å². The van der Waals surface area contributed by atoms with E-state index in [-0.39, 0.29) is 0 Å². The highest BCUT2D eigenvalue weighted by Crippen LogP contribution is 2.31. The average Bonchev–Trinajstić information content (AvgIpc) is 3.28. The Bertz CT molecular complexity index is 1370. The lowest BCUT2D eigenvalue weighted by Gasteiger charge is -2.12. The fraction of sp³-hybridized carbons (Fsp3) is 0.0400. The summed E-state index contributed by atoms with van der Waals surface area (Å²) in [7, 11) is 0. The molecule has 0 fully saturated rings. The summed E-state index contributed by atoms with van der Waals surface area (Å²) in [6, 6.07) is 28.0. The van der Waals surface area contributed by atoms with Gasteiger partial charge in [-0.1, -0.05) is 60.7 Å². The molecule has 2 aromatic carbocycles. The van der Waals surface area contributed by atoms with Crippen molar-refractivity contribution in [3.05, 3.63) is 103 Å². The van der Waals surface area contributed by atoms with E-state index in [0.717, 1.165) is 33.6 Å². The van der Waals surface area contributed by atoms with Crippen molar-refractivity contribution in [3.63, 3.8) is 0 Å². The van der Waals surface area contributed by atoms with Crippen molar-refractivity contribution in [2.45, 2.75) is 6.54 Å². The number of hydrogen-bond donors (Lipinski definition) is 1. The molecule has 0 saturated carbocycles. The van der Waals surface area contributed by atoms with E-state index in [2.05, 4.69) is 34.6 Å². The van der Waals surface area contributed by atoms with Crippen LogP contribution in [0.1, 0.15) is 11.3 Å². The van der Waals surface area contributed by atoms with Gasteiger partial charge >= 0.3 is 0 Å². The topological polar surface area (TPSA) is 78.9 Å². The van der Waals surface area contributed by atoms with Gasteiger partial charge in [-0.25, -0.2) is 14.5 Å². The highest BCUT2D eigenvalue weighted by molar-refractivity contribution is 5.89. The molecule has 31 heavy (non-hydrogen) atoms. The van der Waals surface area contributed by atoms with Crippen molar-refractivity contribution >= 4 is 11.3 Å². The van der Waals surface area contributed by atoms with Crippen LogP contribution in [0, 0.1) is 11.3 Å². The fourth-order valence-electron chi connectivity index (χ4n) is 3.49. The van der Waals surface area contributed by atoms with E-state index >= 15 is 0 Å². The Kier molecular flexibility index (Phi) is 4.83. The van der Waals surface area contributed by atoms with Gasteiger partial charge in [0.1, 0.15) is 17.3 Å². The third-order valence-electron chi connectivity index (χ3n) is 5.03. The van der Waals surface area contributed by atoms with Crippen molar-refractivity contribution in [2.24, 2.45) is 0 Å². The Morgan fingerprint density at radius 2 is 1.65 bits per heavy atom. The summed E-state index contributed by atoms with van der Waals surface area (Å²) in [4.78, 5) is 8.99. The summed E-state index contributed by atoms with van der Waals surface area (Å²) in [5.74, 6) is 1.28. The molecule has 0 radical (unpaired) electrons. The van der Waals surface area contributed by atoms with Gasteiger partial charge in [-0.3, -0.25) is 0 Å². The van der Waals surface area contributed by atoms with Gasteiger partial charge in [-0.2, -0.15) is 5.26 Å². The van der Waals surface area contributed by atoms with Crippen LogP contribution in [0.3, 0.4) is 0 Å². The molecule has 0 spiro atoms. The number of pyridine rings is 1. The Labute approximate surface area is 179 Å². The summed E-state index contributed by atoms with van der Waals surface area (Å²) in [5, 5.41) is 17.2. The second-order valence-electron chi connectivity index (χ2n) is 7.06. The van der Waals surface area contributed by atoms with E-state index in [4.69, 9.17) is 15.3 Å². The quantitative estimate of drug-likeness (QED) is 0.450. The molecular formula is C25H18N6. The minimum absolute atomic E-state index is 0.361. The SMILES string of the molecule is N#Cc1ccc(-c2nc(NCc3ccccc3)c3c(-c4ccccc4)ccn3n2)cn1. The van der Waals surface area contributed by atoms with Crippen LogP contribution in [0.25, 0.3) is 28.0 Å². The number of rotatable bonds is 5. The summed E-state index contributed by atoms with van der Waals surface area (Å²) in [5.41, 5.74) is 5.34. The predicted molar refractivity (Wildman–Crippen MR) is 120 cm³/mol. The Morgan fingerprint density at radius 1 is 0.871 bits per heavy atom. The van der Waals surface area contributed by atoms with Gasteiger partial charge in [0.25, 0.3) is 0 Å². The van der Waals surface area contributed by atoms with Crippen molar-refractivity contribution in [1.82, 2.24) is 19.6 Å². The smallest absolute Gasteiger partial charge is 0.183 e. The number of nitrogens with zero attached hydrogens (tertiary/aromatic N) is 5. The standard InChI is InChI=1S/C25H18N6/c26-15-21-12-11-20(17-27-21)24-29-25(28-16-18-7-3-1-4-8-18)23-22(13-14-31(23)30-24)19-9-5-2-6-10-19/h1-14,17H,16H2,(H,28,29,30). The molecular weight excluding hydrogens is 384 g/mol. The number of anilines is 1. The maximum Gasteiger partial charge on any atom is 0.183 e. The van der Waals surface area contributed by atoms with Gasteiger partial charge < -0.3 is 5.32 Å². The molecule has 3 aromatic heterocycles. The van der Waals surface area contributed by atoms with Gasteiger partial charge in [0.05, 0.1) is 0 Å². The molecule has 0 bridgehead atoms. The van der Waals surface area contributed by atoms with Crippen LogP contribution in [-0.2, 0) is 6.54 Å². The van der Waals surface area contributed by atoms with Gasteiger partial charge in [0.2, 0.25) is 0 Å². The molecule has 0 aliphatic heterocycles. The Hall–Kier alpha value is -4.50. The highest BCUT2D eigenvalue weighted by Gasteiger charge is 2.15. The number of hydrogen-bond acceptors (Lipinski definition) is 5. The van der Waals surface area contributed by atoms with Crippen molar-refractivity contribution in [1.29, 1.82) is 5.26 Å². The van der Waals surface area contributed by atoms with Gasteiger partial charge in [0, 0.05) is 30.1 Å². The maximum atomic E-state index is 9.02. The molecule has 0 aliphatic carbocycles. The number of fused-ring (bicyclic) bond motifs is 1. The molecule has 5 rings (SSSR count). The number of nitriles is 1. The first-order valence-electron chi connectivity index (χ1n) is 9.91. The normalized spacial score (nSPS) is 10.7. The molecule has 6 heteroatoms. The molecule has 0 saturated heterocycles. The highest BCUT2D eigenvalue weighted by atomic mass is 15.3. The maximum absolute atomic E-state index is 9.02. The third kappa shape index (κ3) is 3.72. The third-order valence-corrected chi connectivity index (χ3v) is 5.03. The van der Waals surface area contributed by atoms with Crippen LogP contribution >= 0.6 is 0 Å². The van der Waals surface area contributed by atoms with Gasteiger partial charge in [-0.15, -0.1) is 5.10 Å². The van der Waals surface area contributed by atoms with Crippen molar-refractivity contribution < 1.29 is 0 Å². The van der Waals surface area contributed by atoms with E-state index in [1.54, 1.807) is 12.3 Å². The first-order chi connectivity index (χ1) is 15.3. The Morgan fingerprint density at radius 3 is 2.35 bits per heavy atom. The molecule has 5 aromatic rings. The van der Waals surface area contributed by atoms with E-state index in [9.17, 15) is 0 Å². The van der Waals surface area contributed by atoms with Crippen LogP contribution in [0.5, 0.6) is 0 Å². The molecule has 6 nitrogen and oxygen atoms in total. The van der Waals surface area contributed by atoms with Crippen LogP contribution in [0.4, 0.5) is 5.82 Å². The molecule has 1 N–H and O–H groups in total. The zero-order chi connectivity index (χ0) is 21.0.